The summed E-state index contributed by atoms with van der Waals surface area (Å²) in [6, 6.07) is 15.6. The summed E-state index contributed by atoms with van der Waals surface area (Å²) in [7, 11) is 3.54. The Labute approximate surface area is 163 Å². The third kappa shape index (κ3) is 6.28. The van der Waals surface area contributed by atoms with Gasteiger partial charge in [-0.1, -0.05) is 46.3 Å². The number of hydrogen-bond donors (Lipinski definition) is 1. The monoisotopic (exact) mass is 417 g/mol. The fourth-order valence-electron chi connectivity index (χ4n) is 2.56. The Kier molecular flexibility index (Phi) is 7.36. The van der Waals surface area contributed by atoms with Crippen molar-refractivity contribution in [2.24, 2.45) is 0 Å². The Morgan fingerprint density at radius 2 is 1.73 bits per heavy atom. The van der Waals surface area contributed by atoms with Crippen molar-refractivity contribution in [1.82, 2.24) is 9.80 Å². The van der Waals surface area contributed by atoms with Crippen molar-refractivity contribution in [2.75, 3.05) is 32.5 Å². The van der Waals surface area contributed by atoms with E-state index in [1.165, 1.54) is 4.90 Å². The second-order valence-electron chi connectivity index (χ2n) is 6.42. The topological polar surface area (TPSA) is 52.7 Å². The van der Waals surface area contributed by atoms with Crippen molar-refractivity contribution in [3.8, 4) is 0 Å². The molecule has 2 amide bonds. The van der Waals surface area contributed by atoms with Gasteiger partial charge in [0, 0.05) is 23.8 Å². The van der Waals surface area contributed by atoms with E-state index in [0.29, 0.717) is 6.54 Å². The largest absolute Gasteiger partial charge is 0.335 e. The molecular formula is C20H24BrN3O2. The van der Waals surface area contributed by atoms with E-state index in [9.17, 15) is 9.59 Å². The highest BCUT2D eigenvalue weighted by Crippen LogP contribution is 2.19. The van der Waals surface area contributed by atoms with E-state index in [1.54, 1.807) is 7.05 Å². The zero-order chi connectivity index (χ0) is 19.1. The SMILES string of the molecule is Cc1cc(Br)ccc1NC(=O)CN(C)C(=O)CN(C)Cc1ccccc1. The number of nitrogens with one attached hydrogen (secondary N) is 1. The van der Waals surface area contributed by atoms with E-state index in [4.69, 9.17) is 0 Å². The van der Waals surface area contributed by atoms with E-state index in [2.05, 4.69) is 21.2 Å². The number of nitrogens with zero attached hydrogens (tertiary/aromatic N) is 2. The van der Waals surface area contributed by atoms with Gasteiger partial charge in [-0.2, -0.15) is 0 Å². The minimum atomic E-state index is -0.211. The molecule has 0 saturated heterocycles. The number of hydrogen-bond acceptors (Lipinski definition) is 3. The number of halogens is 1. The number of carbonyl (C=O) groups excluding carboxylic acids is 2. The first-order chi connectivity index (χ1) is 12.3. The summed E-state index contributed by atoms with van der Waals surface area (Å²) in [5.41, 5.74) is 2.86. The lowest BCUT2D eigenvalue weighted by Crippen LogP contribution is -2.40. The normalized spacial score (nSPS) is 10.7. The third-order valence-electron chi connectivity index (χ3n) is 3.97. The van der Waals surface area contributed by atoms with Crippen LogP contribution in [0.3, 0.4) is 0 Å². The molecule has 26 heavy (non-hydrogen) atoms. The molecule has 5 nitrogen and oxygen atoms in total. The molecule has 0 aliphatic heterocycles. The van der Waals surface area contributed by atoms with Crippen LogP contribution >= 0.6 is 15.9 Å². The van der Waals surface area contributed by atoms with Gasteiger partial charge in [-0.15, -0.1) is 0 Å². The minimum absolute atomic E-state index is 0.0213. The number of anilines is 1. The van der Waals surface area contributed by atoms with Crippen LogP contribution < -0.4 is 5.32 Å². The lowest BCUT2D eigenvalue weighted by Gasteiger charge is -2.22. The summed E-state index contributed by atoms with van der Waals surface area (Å²) in [6.07, 6.45) is 0. The fraction of sp³-hybridized carbons (Fsp3) is 0.300. The Morgan fingerprint density at radius 1 is 1.04 bits per heavy atom. The van der Waals surface area contributed by atoms with E-state index in [1.807, 2.05) is 67.4 Å². The van der Waals surface area contributed by atoms with Crippen LogP contribution in [-0.2, 0) is 16.1 Å². The Bertz CT molecular complexity index is 765. The first-order valence-electron chi connectivity index (χ1n) is 8.37. The van der Waals surface area contributed by atoms with Gasteiger partial charge in [0.25, 0.3) is 0 Å². The Balaban J connectivity index is 1.82. The zero-order valence-corrected chi connectivity index (χ0v) is 16.9. The molecule has 0 atom stereocenters. The molecule has 0 aromatic heterocycles. The highest BCUT2D eigenvalue weighted by molar-refractivity contribution is 9.10. The number of likely N-dealkylation sites (N-methyl/N-ethyl adjacent to an activating group) is 2. The van der Waals surface area contributed by atoms with Gasteiger partial charge in [0.15, 0.2) is 0 Å². The minimum Gasteiger partial charge on any atom is -0.335 e. The second kappa shape index (κ2) is 9.50. The maximum Gasteiger partial charge on any atom is 0.243 e. The number of aryl methyl sites for hydroxylation is 1. The zero-order valence-electron chi connectivity index (χ0n) is 15.3. The summed E-state index contributed by atoms with van der Waals surface area (Å²) in [5, 5.41) is 2.85. The molecule has 0 spiro atoms. The molecule has 2 aromatic carbocycles. The maximum absolute atomic E-state index is 12.3. The van der Waals surface area contributed by atoms with Gasteiger partial charge >= 0.3 is 0 Å². The molecule has 0 saturated carbocycles. The third-order valence-corrected chi connectivity index (χ3v) is 4.46. The molecule has 0 aliphatic rings. The molecule has 0 aliphatic carbocycles. The standard InChI is InChI=1S/C20H24BrN3O2/c1-15-11-17(21)9-10-18(15)22-19(25)13-24(3)20(26)14-23(2)12-16-7-5-4-6-8-16/h4-11H,12-14H2,1-3H3,(H,22,25). The van der Waals surface area contributed by atoms with Gasteiger partial charge < -0.3 is 10.2 Å². The summed E-state index contributed by atoms with van der Waals surface area (Å²) >= 11 is 3.40. The number of amides is 2. The van der Waals surface area contributed by atoms with Crippen LogP contribution in [0.25, 0.3) is 0 Å². The maximum atomic E-state index is 12.3. The van der Waals surface area contributed by atoms with Crippen LogP contribution in [-0.4, -0.2) is 48.8 Å². The van der Waals surface area contributed by atoms with Crippen LogP contribution in [0.15, 0.2) is 53.0 Å². The van der Waals surface area contributed by atoms with Gasteiger partial charge in [0.1, 0.15) is 0 Å². The molecule has 0 unspecified atom stereocenters. The van der Waals surface area contributed by atoms with Crippen molar-refractivity contribution in [2.45, 2.75) is 13.5 Å². The van der Waals surface area contributed by atoms with E-state index < -0.39 is 0 Å². The lowest BCUT2D eigenvalue weighted by atomic mass is 10.2. The smallest absolute Gasteiger partial charge is 0.243 e. The van der Waals surface area contributed by atoms with Crippen LogP contribution in [0, 0.1) is 6.92 Å². The Morgan fingerprint density at radius 3 is 2.38 bits per heavy atom. The average molecular weight is 418 g/mol. The molecule has 0 radical (unpaired) electrons. The van der Waals surface area contributed by atoms with Gasteiger partial charge in [-0.25, -0.2) is 0 Å². The molecule has 0 fully saturated rings. The molecule has 138 valence electrons. The first-order valence-corrected chi connectivity index (χ1v) is 9.17. The van der Waals surface area contributed by atoms with Crippen molar-refractivity contribution in [1.29, 1.82) is 0 Å². The highest BCUT2D eigenvalue weighted by Gasteiger charge is 2.15. The van der Waals surface area contributed by atoms with E-state index in [-0.39, 0.29) is 24.9 Å². The molecule has 0 bridgehead atoms. The van der Waals surface area contributed by atoms with Gasteiger partial charge in [-0.3, -0.25) is 14.5 Å². The fourth-order valence-corrected chi connectivity index (χ4v) is 3.04. The highest BCUT2D eigenvalue weighted by atomic mass is 79.9. The van der Waals surface area contributed by atoms with Crippen LogP contribution in [0.4, 0.5) is 5.69 Å². The molecule has 2 rings (SSSR count). The van der Waals surface area contributed by atoms with Crippen molar-refractivity contribution < 1.29 is 9.59 Å². The summed E-state index contributed by atoms with van der Waals surface area (Å²) in [4.78, 5) is 27.9. The quantitative estimate of drug-likeness (QED) is 0.751. The summed E-state index contributed by atoms with van der Waals surface area (Å²) in [6.45, 7) is 2.89. The van der Waals surface area contributed by atoms with Crippen LogP contribution in [0.2, 0.25) is 0 Å². The number of benzene rings is 2. The molecule has 6 heteroatoms. The second-order valence-corrected chi connectivity index (χ2v) is 7.33. The van der Waals surface area contributed by atoms with E-state index in [0.717, 1.165) is 21.3 Å². The van der Waals surface area contributed by atoms with Crippen molar-refractivity contribution >= 4 is 33.4 Å². The summed E-state index contributed by atoms with van der Waals surface area (Å²) in [5.74, 6) is -0.303. The number of rotatable bonds is 7. The van der Waals surface area contributed by atoms with Crippen molar-refractivity contribution in [3.63, 3.8) is 0 Å². The molecular weight excluding hydrogens is 394 g/mol. The molecule has 0 heterocycles. The molecule has 1 N–H and O–H groups in total. The van der Waals surface area contributed by atoms with Gasteiger partial charge in [-0.05, 0) is 43.3 Å². The van der Waals surface area contributed by atoms with Crippen molar-refractivity contribution in [3.05, 3.63) is 64.1 Å². The lowest BCUT2D eigenvalue weighted by molar-refractivity contribution is -0.134. The summed E-state index contributed by atoms with van der Waals surface area (Å²) < 4.78 is 0.960. The predicted octanol–water partition coefficient (Wildman–Crippen LogP) is 3.29. The Hall–Kier alpha value is -2.18. The number of carbonyl (C=O) groups is 2. The van der Waals surface area contributed by atoms with Crippen LogP contribution in [0.5, 0.6) is 0 Å². The average Bonchev–Trinajstić information content (AvgIpc) is 2.58. The van der Waals surface area contributed by atoms with E-state index >= 15 is 0 Å². The first kappa shape index (κ1) is 20.1. The predicted molar refractivity (Wildman–Crippen MR) is 108 cm³/mol. The van der Waals surface area contributed by atoms with Gasteiger partial charge in [0.05, 0.1) is 13.1 Å². The molecule has 2 aromatic rings. The van der Waals surface area contributed by atoms with Gasteiger partial charge in [0.2, 0.25) is 11.8 Å². The van der Waals surface area contributed by atoms with Crippen LogP contribution in [0.1, 0.15) is 11.1 Å².